The van der Waals surface area contributed by atoms with Crippen LogP contribution in [0.1, 0.15) is 16.7 Å². The molecule has 2 rings (SSSR count). The van der Waals surface area contributed by atoms with E-state index in [1.807, 2.05) is 30.3 Å². The highest BCUT2D eigenvalue weighted by molar-refractivity contribution is 5.28. The van der Waals surface area contributed by atoms with Crippen molar-refractivity contribution < 1.29 is 9.84 Å². The van der Waals surface area contributed by atoms with Crippen molar-refractivity contribution in [3.05, 3.63) is 71.3 Å². The highest BCUT2D eigenvalue weighted by Gasteiger charge is 2.29. The summed E-state index contributed by atoms with van der Waals surface area (Å²) in [5, 5.41) is 10.9. The van der Waals surface area contributed by atoms with Crippen LogP contribution < -0.4 is 0 Å². The van der Waals surface area contributed by atoms with Crippen LogP contribution in [0.15, 0.2) is 54.6 Å². The Morgan fingerprint density at radius 3 is 2.21 bits per heavy atom. The van der Waals surface area contributed by atoms with Gasteiger partial charge in [0.15, 0.2) is 0 Å². The van der Waals surface area contributed by atoms with Crippen LogP contribution in [0.4, 0.5) is 0 Å². The molecule has 0 aliphatic heterocycles. The summed E-state index contributed by atoms with van der Waals surface area (Å²) in [5.74, 6) is 0. The smallest absolute Gasteiger partial charge is 0.117 e. The normalized spacial score (nSPS) is 14.1. The zero-order chi connectivity index (χ0) is 13.7. The van der Waals surface area contributed by atoms with E-state index in [1.54, 1.807) is 7.11 Å². The maximum atomic E-state index is 10.9. The summed E-state index contributed by atoms with van der Waals surface area (Å²) in [7, 11) is 1.61. The van der Waals surface area contributed by atoms with Crippen LogP contribution in [-0.2, 0) is 16.8 Å². The molecule has 2 aromatic carbocycles. The van der Waals surface area contributed by atoms with Gasteiger partial charge in [-0.25, -0.2) is 0 Å². The van der Waals surface area contributed by atoms with Crippen LogP contribution in [0.25, 0.3) is 0 Å². The van der Waals surface area contributed by atoms with Crippen LogP contribution in [0.2, 0.25) is 0 Å². The molecule has 0 bridgehead atoms. The standard InChI is InChI=1S/C17H20O2/c1-14-8-10-15(11-9-14)12-17(18,13-19-2)16-6-4-3-5-7-16/h3-11,18H,12-13H2,1-2H3. The second-order valence-electron chi connectivity index (χ2n) is 4.99. The van der Waals surface area contributed by atoms with Crippen LogP contribution in [0, 0.1) is 6.92 Å². The Labute approximate surface area is 114 Å². The number of hydrogen-bond acceptors (Lipinski definition) is 2. The third kappa shape index (κ3) is 3.43. The zero-order valence-corrected chi connectivity index (χ0v) is 11.5. The van der Waals surface area contributed by atoms with Crippen LogP contribution in [0.3, 0.4) is 0 Å². The largest absolute Gasteiger partial charge is 0.382 e. The van der Waals surface area contributed by atoms with E-state index in [-0.39, 0.29) is 6.61 Å². The van der Waals surface area contributed by atoms with Crippen molar-refractivity contribution in [2.75, 3.05) is 13.7 Å². The van der Waals surface area contributed by atoms with E-state index in [0.717, 1.165) is 11.1 Å². The minimum atomic E-state index is -0.981. The Balaban J connectivity index is 2.27. The Morgan fingerprint density at radius 2 is 1.63 bits per heavy atom. The number of methoxy groups -OCH3 is 1. The Hall–Kier alpha value is -1.64. The summed E-state index contributed by atoms with van der Waals surface area (Å²) in [5.41, 5.74) is 2.23. The van der Waals surface area contributed by atoms with Crippen molar-refractivity contribution >= 4 is 0 Å². The van der Waals surface area contributed by atoms with E-state index in [1.165, 1.54) is 5.56 Å². The van der Waals surface area contributed by atoms with Crippen molar-refractivity contribution in [2.24, 2.45) is 0 Å². The first-order chi connectivity index (χ1) is 9.14. The van der Waals surface area contributed by atoms with Crippen LogP contribution >= 0.6 is 0 Å². The molecule has 1 atom stereocenters. The molecule has 0 saturated carbocycles. The van der Waals surface area contributed by atoms with E-state index in [2.05, 4.69) is 31.2 Å². The lowest BCUT2D eigenvalue weighted by molar-refractivity contribution is -0.0355. The molecule has 0 amide bonds. The molecule has 19 heavy (non-hydrogen) atoms. The van der Waals surface area contributed by atoms with Gasteiger partial charge in [0.2, 0.25) is 0 Å². The van der Waals surface area contributed by atoms with Gasteiger partial charge in [-0.05, 0) is 18.1 Å². The van der Waals surface area contributed by atoms with E-state index in [0.29, 0.717) is 6.42 Å². The number of ether oxygens (including phenoxy) is 1. The van der Waals surface area contributed by atoms with Crippen molar-refractivity contribution in [3.8, 4) is 0 Å². The average Bonchev–Trinajstić information content (AvgIpc) is 2.43. The molecule has 0 radical (unpaired) electrons. The summed E-state index contributed by atoms with van der Waals surface area (Å²) in [6.07, 6.45) is 0.547. The molecule has 0 aliphatic carbocycles. The fourth-order valence-corrected chi connectivity index (χ4v) is 2.27. The molecule has 0 saturated heterocycles. The fraction of sp³-hybridized carbons (Fsp3) is 0.294. The molecular weight excluding hydrogens is 236 g/mol. The zero-order valence-electron chi connectivity index (χ0n) is 11.5. The van der Waals surface area contributed by atoms with Gasteiger partial charge >= 0.3 is 0 Å². The highest BCUT2D eigenvalue weighted by atomic mass is 16.5. The first-order valence-corrected chi connectivity index (χ1v) is 6.46. The van der Waals surface area contributed by atoms with Gasteiger partial charge < -0.3 is 9.84 Å². The summed E-state index contributed by atoms with van der Waals surface area (Å²) < 4.78 is 5.21. The van der Waals surface area contributed by atoms with Crippen LogP contribution in [-0.4, -0.2) is 18.8 Å². The number of rotatable bonds is 5. The van der Waals surface area contributed by atoms with Crippen molar-refractivity contribution in [1.82, 2.24) is 0 Å². The van der Waals surface area contributed by atoms with E-state index in [9.17, 15) is 5.11 Å². The SMILES string of the molecule is COCC(O)(Cc1ccc(C)cc1)c1ccccc1. The third-order valence-corrected chi connectivity index (χ3v) is 3.31. The van der Waals surface area contributed by atoms with Gasteiger partial charge in [-0.15, -0.1) is 0 Å². The molecule has 2 aromatic rings. The second kappa shape index (κ2) is 6.00. The van der Waals surface area contributed by atoms with Gasteiger partial charge in [-0.2, -0.15) is 0 Å². The molecule has 2 nitrogen and oxygen atoms in total. The number of aliphatic hydroxyl groups is 1. The fourth-order valence-electron chi connectivity index (χ4n) is 2.27. The number of hydrogen-bond donors (Lipinski definition) is 1. The molecule has 2 heteroatoms. The summed E-state index contributed by atoms with van der Waals surface area (Å²) in [6, 6.07) is 17.9. The first-order valence-electron chi connectivity index (χ1n) is 6.46. The minimum Gasteiger partial charge on any atom is -0.382 e. The third-order valence-electron chi connectivity index (χ3n) is 3.31. The van der Waals surface area contributed by atoms with Gasteiger partial charge in [-0.3, -0.25) is 0 Å². The molecule has 0 spiro atoms. The lowest BCUT2D eigenvalue weighted by Gasteiger charge is -2.28. The molecule has 0 aromatic heterocycles. The molecular formula is C17H20O2. The predicted octanol–water partition coefficient (Wildman–Crippen LogP) is 3.07. The van der Waals surface area contributed by atoms with Crippen LogP contribution in [0.5, 0.6) is 0 Å². The monoisotopic (exact) mass is 256 g/mol. The van der Waals surface area contributed by atoms with Gasteiger partial charge in [0.1, 0.15) is 5.60 Å². The minimum absolute atomic E-state index is 0.283. The van der Waals surface area contributed by atoms with E-state index < -0.39 is 5.60 Å². The maximum absolute atomic E-state index is 10.9. The Kier molecular flexibility index (Phi) is 4.35. The van der Waals surface area contributed by atoms with Gasteiger partial charge in [0, 0.05) is 13.5 Å². The highest BCUT2D eigenvalue weighted by Crippen LogP contribution is 2.26. The quantitative estimate of drug-likeness (QED) is 0.891. The molecule has 100 valence electrons. The van der Waals surface area contributed by atoms with Gasteiger partial charge in [0.25, 0.3) is 0 Å². The summed E-state index contributed by atoms with van der Waals surface area (Å²) in [4.78, 5) is 0. The predicted molar refractivity (Wildman–Crippen MR) is 77.1 cm³/mol. The second-order valence-corrected chi connectivity index (χ2v) is 4.99. The maximum Gasteiger partial charge on any atom is 0.117 e. The van der Waals surface area contributed by atoms with Gasteiger partial charge in [0.05, 0.1) is 6.61 Å². The van der Waals surface area contributed by atoms with E-state index >= 15 is 0 Å². The molecule has 0 aliphatic rings. The topological polar surface area (TPSA) is 29.5 Å². The lowest BCUT2D eigenvalue weighted by Crippen LogP contribution is -2.33. The number of benzene rings is 2. The summed E-state index contributed by atoms with van der Waals surface area (Å²) >= 11 is 0. The number of aryl methyl sites for hydroxylation is 1. The average molecular weight is 256 g/mol. The molecule has 0 fully saturated rings. The Bertz CT molecular complexity index is 505. The molecule has 1 unspecified atom stereocenters. The Morgan fingerprint density at radius 1 is 1.00 bits per heavy atom. The molecule has 1 N–H and O–H groups in total. The van der Waals surface area contributed by atoms with Crippen molar-refractivity contribution in [2.45, 2.75) is 18.9 Å². The van der Waals surface area contributed by atoms with Crippen molar-refractivity contribution in [1.29, 1.82) is 0 Å². The van der Waals surface area contributed by atoms with E-state index in [4.69, 9.17) is 4.74 Å². The summed E-state index contributed by atoms with van der Waals surface area (Å²) in [6.45, 7) is 2.34. The molecule has 0 heterocycles. The van der Waals surface area contributed by atoms with Gasteiger partial charge in [-0.1, -0.05) is 60.2 Å². The lowest BCUT2D eigenvalue weighted by atomic mass is 9.88. The first kappa shape index (κ1) is 13.8. The van der Waals surface area contributed by atoms with Crippen molar-refractivity contribution in [3.63, 3.8) is 0 Å².